The summed E-state index contributed by atoms with van der Waals surface area (Å²) < 4.78 is 15.6. The highest BCUT2D eigenvalue weighted by Crippen LogP contribution is 2.30. The van der Waals surface area contributed by atoms with Gasteiger partial charge in [-0.15, -0.1) is 0 Å². The van der Waals surface area contributed by atoms with Gasteiger partial charge in [0.05, 0.1) is 48.9 Å². The Morgan fingerprint density at radius 2 is 1.86 bits per heavy atom. The molecule has 3 rings (SSSR count). The summed E-state index contributed by atoms with van der Waals surface area (Å²) in [7, 11) is 1.51. The van der Waals surface area contributed by atoms with Crippen LogP contribution >= 0.6 is 11.6 Å². The van der Waals surface area contributed by atoms with Crippen LogP contribution in [-0.2, 0) is 9.47 Å². The second-order valence-electron chi connectivity index (χ2n) is 6.36. The van der Waals surface area contributed by atoms with Crippen LogP contribution in [0, 0.1) is 0 Å². The van der Waals surface area contributed by atoms with Crippen molar-refractivity contribution in [3.8, 4) is 5.75 Å². The molecular formula is C21H23ClN2O5. The minimum absolute atomic E-state index is 0.274. The number of halogens is 1. The van der Waals surface area contributed by atoms with Crippen LogP contribution in [0.3, 0.4) is 0 Å². The van der Waals surface area contributed by atoms with Crippen molar-refractivity contribution in [2.45, 2.75) is 6.92 Å². The molecule has 0 saturated carbocycles. The molecule has 1 saturated heterocycles. The van der Waals surface area contributed by atoms with Crippen molar-refractivity contribution in [3.63, 3.8) is 0 Å². The lowest BCUT2D eigenvalue weighted by Crippen LogP contribution is -2.36. The van der Waals surface area contributed by atoms with E-state index in [4.69, 9.17) is 25.8 Å². The number of nitrogens with zero attached hydrogens (tertiary/aromatic N) is 1. The molecule has 1 N–H and O–H groups in total. The van der Waals surface area contributed by atoms with Crippen LogP contribution in [0.25, 0.3) is 0 Å². The second-order valence-corrected chi connectivity index (χ2v) is 6.76. The fourth-order valence-electron chi connectivity index (χ4n) is 3.06. The molecule has 0 aromatic heterocycles. The van der Waals surface area contributed by atoms with E-state index >= 15 is 0 Å². The van der Waals surface area contributed by atoms with E-state index in [0.717, 1.165) is 5.69 Å². The maximum absolute atomic E-state index is 12.8. The highest BCUT2D eigenvalue weighted by atomic mass is 35.5. The lowest BCUT2D eigenvalue weighted by molar-refractivity contribution is 0.0526. The van der Waals surface area contributed by atoms with E-state index in [1.54, 1.807) is 37.3 Å². The quantitative estimate of drug-likeness (QED) is 0.722. The number of anilines is 2. The van der Waals surface area contributed by atoms with Gasteiger partial charge in [0.25, 0.3) is 5.91 Å². The molecule has 1 amide bonds. The topological polar surface area (TPSA) is 77.1 Å². The summed E-state index contributed by atoms with van der Waals surface area (Å²) in [6, 6.07) is 9.95. The fourth-order valence-corrected chi connectivity index (χ4v) is 3.32. The molecule has 7 nitrogen and oxygen atoms in total. The van der Waals surface area contributed by atoms with Crippen molar-refractivity contribution < 1.29 is 23.8 Å². The van der Waals surface area contributed by atoms with E-state index in [1.807, 2.05) is 6.07 Å². The Morgan fingerprint density at radius 1 is 1.14 bits per heavy atom. The SMILES string of the molecule is CCOC(=O)c1ccc(N2CCOCC2)c(NC(=O)c2ccc(OC)c(Cl)c2)c1. The summed E-state index contributed by atoms with van der Waals surface area (Å²) in [6.07, 6.45) is 0. The largest absolute Gasteiger partial charge is 0.495 e. The Morgan fingerprint density at radius 3 is 2.52 bits per heavy atom. The first-order chi connectivity index (χ1) is 14.0. The highest BCUT2D eigenvalue weighted by molar-refractivity contribution is 6.32. The third-order valence-corrected chi connectivity index (χ3v) is 4.82. The van der Waals surface area contributed by atoms with Gasteiger partial charge in [0.2, 0.25) is 0 Å². The van der Waals surface area contributed by atoms with Gasteiger partial charge in [0.15, 0.2) is 0 Å². The molecule has 29 heavy (non-hydrogen) atoms. The van der Waals surface area contributed by atoms with Crippen molar-refractivity contribution in [2.75, 3.05) is 50.2 Å². The number of ether oxygens (including phenoxy) is 3. The highest BCUT2D eigenvalue weighted by Gasteiger charge is 2.19. The number of hydrogen-bond acceptors (Lipinski definition) is 6. The Hall–Kier alpha value is -2.77. The number of benzene rings is 2. The normalized spacial score (nSPS) is 13.7. The van der Waals surface area contributed by atoms with Crippen LogP contribution in [-0.4, -0.2) is 51.9 Å². The molecule has 2 aromatic carbocycles. The van der Waals surface area contributed by atoms with Gasteiger partial charge in [-0.3, -0.25) is 4.79 Å². The molecule has 1 heterocycles. The van der Waals surface area contributed by atoms with Gasteiger partial charge in [-0.25, -0.2) is 4.79 Å². The number of carbonyl (C=O) groups excluding carboxylic acids is 2. The lowest BCUT2D eigenvalue weighted by Gasteiger charge is -2.30. The standard InChI is InChI=1S/C21H23ClN2O5/c1-3-29-21(26)15-4-6-18(24-8-10-28-11-9-24)17(13-15)23-20(25)14-5-7-19(27-2)16(22)12-14/h4-7,12-13H,3,8-11H2,1-2H3,(H,23,25). The monoisotopic (exact) mass is 418 g/mol. The van der Waals surface area contributed by atoms with Crippen LogP contribution in [0.1, 0.15) is 27.6 Å². The molecular weight excluding hydrogens is 396 g/mol. The number of nitrogens with one attached hydrogen (secondary N) is 1. The first-order valence-electron chi connectivity index (χ1n) is 9.32. The third-order valence-electron chi connectivity index (χ3n) is 4.52. The molecule has 0 aliphatic carbocycles. The number of carbonyl (C=O) groups is 2. The average molecular weight is 419 g/mol. The zero-order valence-corrected chi connectivity index (χ0v) is 17.1. The van der Waals surface area contributed by atoms with Gasteiger partial charge in [-0.2, -0.15) is 0 Å². The molecule has 0 radical (unpaired) electrons. The van der Waals surface area contributed by atoms with Crippen molar-refractivity contribution in [2.24, 2.45) is 0 Å². The maximum Gasteiger partial charge on any atom is 0.338 e. The van der Waals surface area contributed by atoms with E-state index in [0.29, 0.717) is 53.9 Å². The van der Waals surface area contributed by atoms with E-state index in [1.165, 1.54) is 7.11 Å². The van der Waals surface area contributed by atoms with Crippen molar-refractivity contribution >= 4 is 34.9 Å². The first kappa shape index (κ1) is 21.0. The maximum atomic E-state index is 12.8. The summed E-state index contributed by atoms with van der Waals surface area (Å²) in [5, 5.41) is 3.24. The third kappa shape index (κ3) is 4.99. The Kier molecular flexibility index (Phi) is 6.95. The van der Waals surface area contributed by atoms with Gasteiger partial charge >= 0.3 is 5.97 Å². The molecule has 0 unspecified atom stereocenters. The van der Waals surface area contributed by atoms with Crippen molar-refractivity contribution in [3.05, 3.63) is 52.5 Å². The molecule has 0 bridgehead atoms. The van der Waals surface area contributed by atoms with E-state index < -0.39 is 5.97 Å². The molecule has 0 spiro atoms. The number of hydrogen-bond donors (Lipinski definition) is 1. The fraction of sp³-hybridized carbons (Fsp3) is 0.333. The number of methoxy groups -OCH3 is 1. The van der Waals surface area contributed by atoms with Crippen LogP contribution in [0.2, 0.25) is 5.02 Å². The lowest BCUT2D eigenvalue weighted by atomic mass is 10.1. The zero-order valence-electron chi connectivity index (χ0n) is 16.4. The molecule has 154 valence electrons. The smallest absolute Gasteiger partial charge is 0.338 e. The second kappa shape index (κ2) is 9.62. The van der Waals surface area contributed by atoms with Crippen LogP contribution in [0.15, 0.2) is 36.4 Å². The Balaban J connectivity index is 1.91. The zero-order chi connectivity index (χ0) is 20.8. The molecule has 2 aromatic rings. The number of amides is 1. The van der Waals surface area contributed by atoms with Gasteiger partial charge < -0.3 is 24.4 Å². The minimum atomic E-state index is -0.441. The van der Waals surface area contributed by atoms with Gasteiger partial charge in [0.1, 0.15) is 5.75 Å². The molecule has 0 atom stereocenters. The van der Waals surface area contributed by atoms with E-state index in [2.05, 4.69) is 10.2 Å². The average Bonchev–Trinajstić information content (AvgIpc) is 2.74. The number of esters is 1. The molecule has 1 aliphatic rings. The predicted octanol–water partition coefficient (Wildman–Crippen LogP) is 3.61. The molecule has 1 fully saturated rings. The van der Waals surface area contributed by atoms with Crippen LogP contribution in [0.4, 0.5) is 11.4 Å². The van der Waals surface area contributed by atoms with Gasteiger partial charge in [-0.05, 0) is 43.3 Å². The molecule has 8 heteroatoms. The van der Waals surface area contributed by atoms with E-state index in [9.17, 15) is 9.59 Å². The van der Waals surface area contributed by atoms with Gasteiger partial charge in [-0.1, -0.05) is 11.6 Å². The minimum Gasteiger partial charge on any atom is -0.495 e. The van der Waals surface area contributed by atoms with Crippen LogP contribution < -0.4 is 15.0 Å². The van der Waals surface area contributed by atoms with Crippen molar-refractivity contribution in [1.29, 1.82) is 0 Å². The van der Waals surface area contributed by atoms with Crippen molar-refractivity contribution in [1.82, 2.24) is 0 Å². The summed E-state index contributed by atoms with van der Waals surface area (Å²) in [5.74, 6) is -0.296. The summed E-state index contributed by atoms with van der Waals surface area (Å²) >= 11 is 6.14. The summed E-state index contributed by atoms with van der Waals surface area (Å²) in [4.78, 5) is 27.1. The number of morpholine rings is 1. The van der Waals surface area contributed by atoms with Crippen LogP contribution in [0.5, 0.6) is 5.75 Å². The summed E-state index contributed by atoms with van der Waals surface area (Å²) in [5.41, 5.74) is 2.08. The van der Waals surface area contributed by atoms with Gasteiger partial charge in [0, 0.05) is 18.7 Å². The first-order valence-corrected chi connectivity index (χ1v) is 9.70. The Labute approximate surface area is 174 Å². The predicted molar refractivity (Wildman–Crippen MR) is 111 cm³/mol. The summed E-state index contributed by atoms with van der Waals surface area (Å²) in [6.45, 7) is 4.60. The van der Waals surface area contributed by atoms with E-state index in [-0.39, 0.29) is 12.5 Å². The molecule has 1 aliphatic heterocycles. The Bertz CT molecular complexity index is 897. The number of rotatable bonds is 6.